The normalized spacial score (nSPS) is 20.2. The summed E-state index contributed by atoms with van der Waals surface area (Å²) < 4.78 is 1.42. The van der Waals surface area contributed by atoms with Crippen LogP contribution in [-0.2, 0) is 35.1 Å². The summed E-state index contributed by atoms with van der Waals surface area (Å²) in [7, 11) is 0. The molecule has 0 N–H and O–H groups in total. The van der Waals surface area contributed by atoms with Crippen LogP contribution in [-0.4, -0.2) is 3.21 Å². The van der Waals surface area contributed by atoms with Gasteiger partial charge in [-0.25, -0.2) is 6.08 Å². The average molecular weight is 758 g/mol. The van der Waals surface area contributed by atoms with Gasteiger partial charge >= 0.3 is 99.2 Å². The van der Waals surface area contributed by atoms with E-state index in [0.717, 1.165) is 0 Å². The van der Waals surface area contributed by atoms with Crippen molar-refractivity contribution in [3.05, 3.63) is 160 Å². The Kier molecular flexibility index (Phi) is 10.2. The van der Waals surface area contributed by atoms with E-state index in [9.17, 15) is 0 Å². The van der Waals surface area contributed by atoms with Crippen molar-refractivity contribution in [1.82, 2.24) is 0 Å². The van der Waals surface area contributed by atoms with Gasteiger partial charge in [0.2, 0.25) is 0 Å². The molecule has 1 fully saturated rings. The molecule has 0 aromatic heterocycles. The molecule has 1 saturated carbocycles. The van der Waals surface area contributed by atoms with Crippen LogP contribution in [0.2, 0.25) is 0 Å². The average Bonchev–Trinajstić information content (AvgIpc) is 3.85. The van der Waals surface area contributed by atoms with Crippen LogP contribution in [0, 0.1) is 17.4 Å². The van der Waals surface area contributed by atoms with E-state index < -0.39 is 0 Å². The van der Waals surface area contributed by atoms with E-state index in [2.05, 4.69) is 177 Å². The predicted molar refractivity (Wildman–Crippen MR) is 223 cm³/mol. The monoisotopic (exact) mass is 756 g/mol. The Balaban J connectivity index is 0.000000133. The number of hydrogen-bond donors (Lipinski definition) is 0. The maximum atomic E-state index is 3.37. The maximum absolute atomic E-state index is 3.37. The van der Waals surface area contributed by atoms with Crippen molar-refractivity contribution in [3.8, 4) is 0 Å². The van der Waals surface area contributed by atoms with Gasteiger partial charge in [-0.3, -0.25) is 6.08 Å². The topological polar surface area (TPSA) is 0 Å². The van der Waals surface area contributed by atoms with Gasteiger partial charge in [-0.05, 0) is 36.1 Å². The van der Waals surface area contributed by atoms with Gasteiger partial charge < -0.3 is 0 Å². The summed E-state index contributed by atoms with van der Waals surface area (Å²) in [5.41, 5.74) is 13.6. The third-order valence-electron chi connectivity index (χ3n) is 12.1. The standard InChI is InChI=1S/C25H25.C13H19.C13H10.Zr/c1-14-12-24(3,4)22-8-16-7-17-9-23-19(15(2)13-25(23,5)6)11-21(17)20(16)10-18(14)22;1-11-6-7-12(10-11)13(2)8-4-3-5-9-13;1-3-7-12(8-4-1)11-13-9-5-2-6-10-13;/h7-13H,1-6H3;7,10-11H,3-5,8-9H2,1-2H3;1-10H;/q2*-1;;+2. The van der Waals surface area contributed by atoms with E-state index in [0.29, 0.717) is 11.3 Å². The summed E-state index contributed by atoms with van der Waals surface area (Å²) in [6, 6.07) is 33.2. The molecule has 9 rings (SSSR count). The van der Waals surface area contributed by atoms with Gasteiger partial charge in [0.1, 0.15) is 0 Å². The fourth-order valence-corrected chi connectivity index (χ4v) is 10.00. The summed E-state index contributed by atoms with van der Waals surface area (Å²) in [6.45, 7) is 18.4. The molecule has 5 aromatic carbocycles. The molecule has 1 heteroatoms. The number of benzene rings is 4. The first-order valence-electron chi connectivity index (χ1n) is 19.4. The van der Waals surface area contributed by atoms with Crippen LogP contribution in [0.15, 0.2) is 121 Å². The summed E-state index contributed by atoms with van der Waals surface area (Å²) in [6.07, 6.45) is 19.8. The van der Waals surface area contributed by atoms with E-state index in [1.807, 2.05) is 0 Å². The van der Waals surface area contributed by atoms with Crippen molar-refractivity contribution in [2.45, 2.75) is 98.3 Å². The van der Waals surface area contributed by atoms with Gasteiger partial charge in [-0.1, -0.05) is 120 Å². The Morgan fingerprint density at radius 3 is 1.56 bits per heavy atom. The zero-order valence-electron chi connectivity index (χ0n) is 32.6. The molecule has 0 aliphatic heterocycles. The van der Waals surface area contributed by atoms with Crippen LogP contribution in [0.4, 0.5) is 0 Å². The third-order valence-corrected chi connectivity index (χ3v) is 13.5. The van der Waals surface area contributed by atoms with E-state index in [1.54, 1.807) is 5.57 Å². The molecule has 5 aromatic rings. The molecule has 0 saturated heterocycles. The van der Waals surface area contributed by atoms with E-state index >= 15 is 0 Å². The van der Waals surface area contributed by atoms with Crippen molar-refractivity contribution < 1.29 is 24.2 Å². The molecule has 0 nitrogen and oxygen atoms in total. The van der Waals surface area contributed by atoms with Gasteiger partial charge in [0.25, 0.3) is 0 Å². The first-order valence-corrected chi connectivity index (χ1v) is 20.6. The molecule has 4 aliphatic carbocycles. The molecule has 0 heterocycles. The number of hydrogen-bond acceptors (Lipinski definition) is 0. The first-order chi connectivity index (χ1) is 24.8. The fourth-order valence-electron chi connectivity index (χ4n) is 9.18. The van der Waals surface area contributed by atoms with Crippen LogP contribution < -0.4 is 0 Å². The molecule has 262 valence electrons. The summed E-state index contributed by atoms with van der Waals surface area (Å²) in [4.78, 5) is 0. The minimum atomic E-state index is 0.139. The van der Waals surface area contributed by atoms with Crippen molar-refractivity contribution in [3.63, 3.8) is 0 Å². The minimum absolute atomic E-state index is 0.139. The van der Waals surface area contributed by atoms with Crippen molar-refractivity contribution in [1.29, 1.82) is 0 Å². The Morgan fingerprint density at radius 1 is 0.673 bits per heavy atom. The van der Waals surface area contributed by atoms with Gasteiger partial charge in [-0.15, -0.1) is 39.7 Å². The van der Waals surface area contributed by atoms with Crippen molar-refractivity contribution in [2.75, 3.05) is 0 Å². The zero-order chi connectivity index (χ0) is 36.8. The summed E-state index contributed by atoms with van der Waals surface area (Å²) in [5.74, 6) is 0.550. The molecule has 4 aliphatic rings. The van der Waals surface area contributed by atoms with Crippen LogP contribution in [0.1, 0.15) is 121 Å². The van der Waals surface area contributed by atoms with Crippen LogP contribution in [0.3, 0.4) is 0 Å². The van der Waals surface area contributed by atoms with Gasteiger partial charge in [0.05, 0.1) is 0 Å². The van der Waals surface area contributed by atoms with Crippen LogP contribution in [0.5, 0.6) is 0 Å². The molecule has 0 bridgehead atoms. The molecular formula is C51H54Zr. The second-order valence-corrected chi connectivity index (χ2v) is 18.4. The predicted octanol–water partition coefficient (Wildman–Crippen LogP) is 13.8. The first kappa shape index (κ1) is 36.8. The number of allylic oxidation sites excluding steroid dienone is 8. The van der Waals surface area contributed by atoms with E-state index in [1.165, 1.54) is 126 Å². The van der Waals surface area contributed by atoms with Crippen LogP contribution >= 0.6 is 0 Å². The van der Waals surface area contributed by atoms with E-state index in [-0.39, 0.29) is 10.8 Å². The zero-order valence-corrected chi connectivity index (χ0v) is 35.0. The van der Waals surface area contributed by atoms with Crippen LogP contribution in [0.25, 0.3) is 32.7 Å². The Hall–Kier alpha value is -3.54. The second kappa shape index (κ2) is 14.4. The van der Waals surface area contributed by atoms with E-state index in [4.69, 9.17) is 0 Å². The molecule has 0 amide bonds. The number of rotatable bonds is 3. The quantitative estimate of drug-likeness (QED) is 0.161. The summed E-state index contributed by atoms with van der Waals surface area (Å²) >= 11 is 1.46. The van der Waals surface area contributed by atoms with Crippen molar-refractivity contribution >= 4 is 35.9 Å². The summed E-state index contributed by atoms with van der Waals surface area (Å²) in [5, 5.41) is 5.57. The molecular weight excluding hydrogens is 704 g/mol. The van der Waals surface area contributed by atoms with Gasteiger partial charge in [-0.2, -0.15) is 11.6 Å². The fraction of sp³-hybridized carbons (Fsp3) is 0.333. The van der Waals surface area contributed by atoms with Gasteiger partial charge in [0, 0.05) is 10.8 Å². The Bertz CT molecular complexity index is 2120. The van der Waals surface area contributed by atoms with Gasteiger partial charge in [0.15, 0.2) is 0 Å². The Labute approximate surface area is 328 Å². The molecule has 0 spiro atoms. The Morgan fingerprint density at radius 2 is 1.13 bits per heavy atom. The molecule has 1 unspecified atom stereocenters. The third kappa shape index (κ3) is 7.20. The SMILES string of the molecule is CC1=CC(C)(C)c2cc3[cH-]c4cc5c(cc4c3cc21)C(C)=CC5(C)C.CC1[C-]=CC(C2(C)CCCCC2)=C1.[Zr+2]=[C](c1ccccc1)c1ccccc1. The second-order valence-electron chi connectivity index (χ2n) is 17.2. The molecule has 1 atom stereocenters. The molecule has 52 heavy (non-hydrogen) atoms. The number of fused-ring (bicyclic) bond motifs is 5. The molecule has 0 radical (unpaired) electrons. The van der Waals surface area contributed by atoms with Crippen molar-refractivity contribution in [2.24, 2.45) is 11.3 Å².